The Morgan fingerprint density at radius 2 is 1.68 bits per heavy atom. The van der Waals surface area contributed by atoms with E-state index >= 15 is 0 Å². The quantitative estimate of drug-likeness (QED) is 0.238. The van der Waals surface area contributed by atoms with Crippen molar-refractivity contribution < 1.29 is 22.8 Å². The molecule has 7 heterocycles. The number of rotatable bonds is 9. The van der Waals surface area contributed by atoms with Gasteiger partial charge in [0.1, 0.15) is 11.7 Å². The Hall–Kier alpha value is -5.19. The van der Waals surface area contributed by atoms with Crippen molar-refractivity contribution in [2.75, 3.05) is 49.5 Å². The Morgan fingerprint density at radius 3 is 2.46 bits per heavy atom. The molecule has 3 atom stereocenters. The standard InChI is InChI=1S/C43H47N9O6S/c53-37-8-7-36(40(55)46-37)51-21-30-18-32(5-6-35(30)41(51)56)49-24-43(25-49)22-48(23-43)20-26-2-1-3-34(14-26)59(57,58)50-12-10-31(11-13-50)45-42-44-19-27-4-9-38(54)52(39(27)47-42)33-16-28-15-29(28)17-33/h1-6,9,14,18-19,28-29,31,33,36H,7-8,10-13,15-17,20-25H2,(H,44,45,47)(H,46,53,55). The molecule has 5 aliphatic heterocycles. The van der Waals surface area contributed by atoms with Crippen molar-refractivity contribution in [2.24, 2.45) is 17.3 Å². The lowest BCUT2D eigenvalue weighted by molar-refractivity contribution is -0.136. The van der Waals surface area contributed by atoms with Crippen molar-refractivity contribution in [1.29, 1.82) is 0 Å². The number of nitrogens with zero attached hydrogens (tertiary/aromatic N) is 7. The number of nitrogens with one attached hydrogen (secondary N) is 2. The highest BCUT2D eigenvalue weighted by atomic mass is 32.2. The van der Waals surface area contributed by atoms with Gasteiger partial charge in [-0.3, -0.25) is 34.0 Å². The number of amides is 3. The zero-order chi connectivity index (χ0) is 40.2. The first kappa shape index (κ1) is 36.9. The van der Waals surface area contributed by atoms with Crippen LogP contribution in [0.5, 0.6) is 0 Å². The molecule has 4 saturated heterocycles. The highest BCUT2D eigenvalue weighted by Gasteiger charge is 2.52. The van der Waals surface area contributed by atoms with E-state index < -0.39 is 22.0 Å². The number of anilines is 2. The summed E-state index contributed by atoms with van der Waals surface area (Å²) in [5, 5.41) is 6.64. The van der Waals surface area contributed by atoms with E-state index in [9.17, 15) is 27.6 Å². The van der Waals surface area contributed by atoms with E-state index in [1.807, 2.05) is 34.9 Å². The topological polar surface area (TPSA) is 170 Å². The summed E-state index contributed by atoms with van der Waals surface area (Å²) in [6, 6.07) is 16.2. The van der Waals surface area contributed by atoms with Crippen molar-refractivity contribution in [1.82, 2.24) is 34.0 Å². The highest BCUT2D eigenvalue weighted by molar-refractivity contribution is 7.89. The van der Waals surface area contributed by atoms with Gasteiger partial charge < -0.3 is 15.1 Å². The average molecular weight is 818 g/mol. The van der Waals surface area contributed by atoms with Crippen molar-refractivity contribution >= 4 is 50.4 Å². The van der Waals surface area contributed by atoms with Gasteiger partial charge in [-0.05, 0) is 97.9 Å². The fraction of sp³-hybridized carbons (Fsp3) is 0.488. The molecule has 6 fully saturated rings. The number of carbonyl (C=O) groups excluding carboxylic acids is 3. The lowest BCUT2D eigenvalue weighted by atomic mass is 9.72. The molecule has 306 valence electrons. The van der Waals surface area contributed by atoms with E-state index in [0.717, 1.165) is 73.1 Å². The number of imide groups is 1. The van der Waals surface area contributed by atoms with Gasteiger partial charge in [-0.15, -0.1) is 0 Å². The summed E-state index contributed by atoms with van der Waals surface area (Å²) in [4.78, 5) is 66.1. The molecule has 11 rings (SSSR count). The number of carbonyl (C=O) groups is 3. The molecule has 7 aliphatic rings. The molecule has 4 aromatic rings. The van der Waals surface area contributed by atoms with E-state index in [1.54, 1.807) is 33.6 Å². The van der Waals surface area contributed by atoms with Gasteiger partial charge in [-0.25, -0.2) is 13.4 Å². The summed E-state index contributed by atoms with van der Waals surface area (Å²) in [7, 11) is -3.68. The SMILES string of the molecule is O=C1CCC(N2Cc3cc(N4CC5(CN(Cc6cccc(S(=O)(=O)N7CCC(Nc8ncc9ccc(=O)n(C%10CC%11CC%11C%10)c9n8)CC7)c6)C5)C4)ccc3C2=O)C(=O)N1. The maximum Gasteiger partial charge on any atom is 0.255 e. The number of hydrogen-bond acceptors (Lipinski definition) is 11. The third-order valence-electron chi connectivity index (χ3n) is 14.0. The Bertz CT molecular complexity index is 2580. The van der Waals surface area contributed by atoms with Crippen molar-refractivity contribution in [3.8, 4) is 0 Å². The molecule has 3 amide bonds. The second-order valence-corrected chi connectivity index (χ2v) is 20.0. The lowest BCUT2D eigenvalue weighted by Crippen LogP contribution is -2.71. The number of pyridine rings is 1. The lowest BCUT2D eigenvalue weighted by Gasteiger charge is -2.61. The fourth-order valence-electron chi connectivity index (χ4n) is 10.9. The molecular formula is C43H47N9O6S. The molecule has 2 aliphatic carbocycles. The van der Waals surface area contributed by atoms with Gasteiger partial charge in [0.05, 0.1) is 4.90 Å². The average Bonchev–Trinajstić information content (AvgIpc) is 3.67. The third kappa shape index (κ3) is 6.50. The number of sulfonamides is 1. The van der Waals surface area contributed by atoms with Crippen LogP contribution in [-0.2, 0) is 32.7 Å². The van der Waals surface area contributed by atoms with E-state index in [2.05, 4.69) is 31.5 Å². The third-order valence-corrected chi connectivity index (χ3v) is 15.9. The summed E-state index contributed by atoms with van der Waals surface area (Å²) in [5.74, 6) is 1.09. The predicted octanol–water partition coefficient (Wildman–Crippen LogP) is 3.11. The van der Waals surface area contributed by atoms with Crippen molar-refractivity contribution in [2.45, 2.75) is 81.1 Å². The zero-order valence-electron chi connectivity index (χ0n) is 32.8. The summed E-state index contributed by atoms with van der Waals surface area (Å²) in [6.07, 6.45) is 6.93. The van der Waals surface area contributed by atoms with Crippen LogP contribution in [0.2, 0.25) is 0 Å². The Labute approximate surface area is 341 Å². The molecule has 0 bridgehead atoms. The number of fused-ring (bicyclic) bond motifs is 3. The van der Waals surface area contributed by atoms with Crippen LogP contribution >= 0.6 is 0 Å². The normalized spacial score (nSPS) is 26.7. The van der Waals surface area contributed by atoms with Gasteiger partial charge in [0, 0.05) is 105 Å². The number of piperidine rings is 2. The number of benzene rings is 2. The first-order valence-corrected chi connectivity index (χ1v) is 22.4. The molecule has 1 spiro atoms. The zero-order valence-corrected chi connectivity index (χ0v) is 33.6. The second-order valence-electron chi connectivity index (χ2n) is 18.1. The van der Waals surface area contributed by atoms with E-state index in [4.69, 9.17) is 4.98 Å². The van der Waals surface area contributed by atoms with Crippen LogP contribution in [0.3, 0.4) is 0 Å². The molecular weight excluding hydrogens is 771 g/mol. The van der Waals surface area contributed by atoms with E-state index in [1.165, 1.54) is 6.42 Å². The van der Waals surface area contributed by atoms with Crippen LogP contribution in [0.1, 0.15) is 72.5 Å². The van der Waals surface area contributed by atoms with Crippen LogP contribution in [0.15, 0.2) is 70.5 Å². The minimum Gasteiger partial charge on any atom is -0.370 e. The van der Waals surface area contributed by atoms with Gasteiger partial charge in [0.25, 0.3) is 11.5 Å². The van der Waals surface area contributed by atoms with Crippen LogP contribution in [-0.4, -0.2) is 106 Å². The summed E-state index contributed by atoms with van der Waals surface area (Å²) >= 11 is 0. The number of hydrogen-bond donors (Lipinski definition) is 2. The molecule has 2 N–H and O–H groups in total. The van der Waals surface area contributed by atoms with Crippen LogP contribution in [0.25, 0.3) is 11.0 Å². The smallest absolute Gasteiger partial charge is 0.255 e. The van der Waals surface area contributed by atoms with Crippen LogP contribution in [0.4, 0.5) is 11.6 Å². The fourth-order valence-corrected chi connectivity index (χ4v) is 12.4. The van der Waals surface area contributed by atoms with Crippen LogP contribution < -0.4 is 21.1 Å². The Kier molecular flexibility index (Phi) is 8.54. The predicted molar refractivity (Wildman–Crippen MR) is 218 cm³/mol. The highest BCUT2D eigenvalue weighted by Crippen LogP contribution is 2.56. The Balaban J connectivity index is 0.674. The van der Waals surface area contributed by atoms with Gasteiger partial charge in [-0.1, -0.05) is 12.1 Å². The van der Waals surface area contributed by atoms with Gasteiger partial charge in [0.15, 0.2) is 0 Å². The Morgan fingerprint density at radius 1 is 0.881 bits per heavy atom. The second kappa shape index (κ2) is 13.7. The number of likely N-dealkylation sites (tertiary alicyclic amines) is 1. The summed E-state index contributed by atoms with van der Waals surface area (Å²) < 4.78 is 31.2. The molecule has 2 aromatic heterocycles. The molecule has 0 radical (unpaired) electrons. The molecule has 59 heavy (non-hydrogen) atoms. The summed E-state index contributed by atoms with van der Waals surface area (Å²) in [5.41, 5.74) is 4.39. The van der Waals surface area contributed by atoms with Gasteiger partial charge in [0.2, 0.25) is 27.8 Å². The molecule has 3 unspecified atom stereocenters. The van der Waals surface area contributed by atoms with Crippen LogP contribution in [0, 0.1) is 17.3 Å². The minimum atomic E-state index is -3.68. The van der Waals surface area contributed by atoms with Crippen molar-refractivity contribution in [3.05, 3.63) is 87.8 Å². The molecule has 16 heteroatoms. The number of aromatic nitrogens is 3. The molecule has 2 aromatic carbocycles. The minimum absolute atomic E-state index is 0.0108. The largest absolute Gasteiger partial charge is 0.370 e. The monoisotopic (exact) mass is 817 g/mol. The molecule has 2 saturated carbocycles. The van der Waals surface area contributed by atoms with E-state index in [-0.39, 0.29) is 41.3 Å². The van der Waals surface area contributed by atoms with Gasteiger partial charge in [-0.2, -0.15) is 9.29 Å². The van der Waals surface area contributed by atoms with Crippen molar-refractivity contribution in [3.63, 3.8) is 0 Å². The maximum atomic E-state index is 13.9. The maximum absolute atomic E-state index is 13.9. The molecule has 15 nitrogen and oxygen atoms in total. The van der Waals surface area contributed by atoms with Gasteiger partial charge >= 0.3 is 0 Å². The van der Waals surface area contributed by atoms with E-state index in [0.29, 0.717) is 67.5 Å². The first-order valence-electron chi connectivity index (χ1n) is 21.0. The first-order chi connectivity index (χ1) is 28.5. The summed E-state index contributed by atoms with van der Waals surface area (Å²) in [6.45, 7) is 5.47.